The fourth-order valence-corrected chi connectivity index (χ4v) is 2.72. The number of ether oxygens (including phenoxy) is 3. The second kappa shape index (κ2) is 11.1. The third kappa shape index (κ3) is 7.63. The molecule has 2 rings (SSSR count). The number of nitrogens with two attached hydrogens (primary N) is 1. The summed E-state index contributed by atoms with van der Waals surface area (Å²) >= 11 is 0. The van der Waals surface area contributed by atoms with Crippen molar-refractivity contribution < 1.29 is 62.5 Å². The molecule has 2 heterocycles. The molecule has 150 valence electrons. The average molecular weight is 425 g/mol. The smallest absolute Gasteiger partial charge is 0.777 e. The first-order chi connectivity index (χ1) is 12.7. The molecular formula is C14H21N5NaO7P. The molecule has 2 atom stereocenters. The summed E-state index contributed by atoms with van der Waals surface area (Å²) in [6.45, 7) is 4.42. The third-order valence-electron chi connectivity index (χ3n) is 3.16. The van der Waals surface area contributed by atoms with Crippen LogP contribution in [0.3, 0.4) is 0 Å². The van der Waals surface area contributed by atoms with E-state index in [-0.39, 0.29) is 48.0 Å². The molecule has 2 aromatic rings. The summed E-state index contributed by atoms with van der Waals surface area (Å²) in [4.78, 5) is 35.0. The first-order valence-corrected chi connectivity index (χ1v) is 9.71. The molecule has 2 aromatic heterocycles. The minimum atomic E-state index is -4.36. The van der Waals surface area contributed by atoms with Crippen LogP contribution >= 0.6 is 7.60 Å². The molecule has 0 bridgehead atoms. The maximum atomic E-state index is 11.8. The Labute approximate surface area is 183 Å². The predicted molar refractivity (Wildman–Crippen MR) is 91.4 cm³/mol. The predicted octanol–water partition coefficient (Wildman–Crippen LogP) is -2.14. The quantitative estimate of drug-likeness (QED) is 0.202. The van der Waals surface area contributed by atoms with Gasteiger partial charge in [0.2, 0.25) is 6.79 Å². The van der Waals surface area contributed by atoms with Crippen molar-refractivity contribution >= 4 is 30.7 Å². The second-order valence-electron chi connectivity index (χ2n) is 5.85. The number of anilines is 1. The van der Waals surface area contributed by atoms with Gasteiger partial charge in [0.15, 0.2) is 19.1 Å². The van der Waals surface area contributed by atoms with Crippen molar-refractivity contribution in [2.75, 3.05) is 18.9 Å². The van der Waals surface area contributed by atoms with Gasteiger partial charge in [-0.05, 0) is 20.8 Å². The molecule has 0 aliphatic rings. The van der Waals surface area contributed by atoms with Crippen LogP contribution in [0, 0.1) is 0 Å². The van der Waals surface area contributed by atoms with Crippen molar-refractivity contribution in [2.24, 2.45) is 0 Å². The molecule has 14 heteroatoms. The normalized spacial score (nSPS) is 14.3. The molecule has 0 aliphatic carbocycles. The van der Waals surface area contributed by atoms with Crippen molar-refractivity contribution in [3.8, 4) is 0 Å². The van der Waals surface area contributed by atoms with Crippen LogP contribution in [-0.4, -0.2) is 51.0 Å². The Hall–Kier alpha value is -1.27. The minimum Gasteiger partial charge on any atom is -0.777 e. The van der Waals surface area contributed by atoms with Crippen molar-refractivity contribution in [1.82, 2.24) is 19.5 Å². The molecular weight excluding hydrogens is 404 g/mol. The number of rotatable bonds is 9. The van der Waals surface area contributed by atoms with Crippen molar-refractivity contribution in [3.05, 3.63) is 12.7 Å². The summed E-state index contributed by atoms with van der Waals surface area (Å²) in [6, 6.07) is 0. The first-order valence-electron chi connectivity index (χ1n) is 7.99. The van der Waals surface area contributed by atoms with Crippen LogP contribution in [0.4, 0.5) is 10.6 Å². The van der Waals surface area contributed by atoms with Gasteiger partial charge in [-0.25, -0.2) is 19.7 Å². The minimum absolute atomic E-state index is 0. The number of carbonyl (C=O) groups is 1. The van der Waals surface area contributed by atoms with Crippen LogP contribution in [0.5, 0.6) is 0 Å². The van der Waals surface area contributed by atoms with E-state index in [1.165, 1.54) is 12.7 Å². The number of nitrogens with zero attached hydrogens (tertiary/aromatic N) is 4. The van der Waals surface area contributed by atoms with Gasteiger partial charge in [-0.2, -0.15) is 0 Å². The number of carbonyl (C=O) groups excluding carboxylic acids is 1. The molecule has 0 saturated heterocycles. The van der Waals surface area contributed by atoms with Crippen LogP contribution in [0.1, 0.15) is 20.8 Å². The van der Waals surface area contributed by atoms with Gasteiger partial charge in [-0.15, -0.1) is 0 Å². The zero-order chi connectivity index (χ0) is 20.0. The molecule has 0 saturated carbocycles. The van der Waals surface area contributed by atoms with Crippen molar-refractivity contribution in [2.45, 2.75) is 39.5 Å². The van der Waals surface area contributed by atoms with E-state index in [0.29, 0.717) is 11.2 Å². The third-order valence-corrected chi connectivity index (χ3v) is 4.12. The largest absolute Gasteiger partial charge is 1.00 e. The summed E-state index contributed by atoms with van der Waals surface area (Å²) in [6.07, 6.45) is 0.215. The number of fused-ring (bicyclic) bond motifs is 1. The van der Waals surface area contributed by atoms with Gasteiger partial charge in [0.05, 0.1) is 25.1 Å². The van der Waals surface area contributed by atoms with Gasteiger partial charge >= 0.3 is 35.7 Å². The molecule has 0 aliphatic heterocycles. The van der Waals surface area contributed by atoms with Crippen LogP contribution in [-0.2, 0) is 29.8 Å². The maximum absolute atomic E-state index is 11.8. The van der Waals surface area contributed by atoms with E-state index >= 15 is 0 Å². The fourth-order valence-electron chi connectivity index (χ4n) is 2.00. The summed E-state index contributed by atoms with van der Waals surface area (Å²) in [5, 5.41) is 0. The van der Waals surface area contributed by atoms with Crippen molar-refractivity contribution in [3.63, 3.8) is 0 Å². The Morgan fingerprint density at radius 3 is 2.71 bits per heavy atom. The van der Waals surface area contributed by atoms with E-state index in [9.17, 15) is 14.3 Å². The van der Waals surface area contributed by atoms with Crippen LogP contribution in [0.2, 0.25) is 0 Å². The molecule has 0 fully saturated rings. The Balaban J connectivity index is 0.00000392. The fraction of sp³-hybridized carbons (Fsp3) is 0.571. The number of hydrogen-bond donors (Lipinski definition) is 1. The Morgan fingerprint density at radius 1 is 1.32 bits per heavy atom. The van der Waals surface area contributed by atoms with E-state index in [0.717, 1.165) is 0 Å². The molecule has 12 nitrogen and oxygen atoms in total. The number of nitrogen functional groups attached to an aromatic ring is 1. The zero-order valence-corrected chi connectivity index (χ0v) is 19.0. The number of aromatic nitrogens is 4. The first kappa shape index (κ1) is 24.8. The summed E-state index contributed by atoms with van der Waals surface area (Å²) in [7, 11) is -4.36. The molecule has 0 aromatic carbocycles. The summed E-state index contributed by atoms with van der Waals surface area (Å²) in [5.41, 5.74) is 6.68. The van der Waals surface area contributed by atoms with Gasteiger partial charge in [-0.1, -0.05) is 0 Å². The molecule has 0 radical (unpaired) electrons. The summed E-state index contributed by atoms with van der Waals surface area (Å²) < 4.78 is 32.5. The van der Waals surface area contributed by atoms with E-state index < -0.39 is 33.0 Å². The van der Waals surface area contributed by atoms with E-state index in [2.05, 4.69) is 28.9 Å². The Morgan fingerprint density at radius 2 is 2.04 bits per heavy atom. The van der Waals surface area contributed by atoms with Gasteiger partial charge in [-0.3, -0.25) is 4.52 Å². The van der Waals surface area contributed by atoms with Gasteiger partial charge in [0, 0.05) is 0 Å². The van der Waals surface area contributed by atoms with Gasteiger partial charge in [0.1, 0.15) is 18.2 Å². The van der Waals surface area contributed by atoms with E-state index in [1.807, 2.05) is 0 Å². The molecule has 1 unspecified atom stereocenters. The molecule has 28 heavy (non-hydrogen) atoms. The van der Waals surface area contributed by atoms with Crippen molar-refractivity contribution in [1.29, 1.82) is 0 Å². The SMILES string of the molecule is CC(C)OC(=O)OCOP(=O)([O-])CO[C@H](C)Cn1cnc2c(N)ncnc21.[Na+]. The molecule has 0 spiro atoms. The van der Waals surface area contributed by atoms with Crippen LogP contribution in [0.25, 0.3) is 11.2 Å². The summed E-state index contributed by atoms with van der Waals surface area (Å²) in [5.74, 6) is 0.251. The van der Waals surface area contributed by atoms with E-state index in [1.54, 1.807) is 25.3 Å². The standard InChI is InChI=1S/C14H22N5O7P.Na/c1-9(2)26-14(20)23-7-25-27(21,22)8-24-10(3)4-19-6-18-11-12(15)16-5-17-13(11)19;/h5-6,9-10H,4,7-8H2,1-3H3,(H,21,22)(H2,15,16,17);/q;+1/p-1/t10-;/m1./s1. The monoisotopic (exact) mass is 425 g/mol. The number of hydrogen-bond acceptors (Lipinski definition) is 11. The Kier molecular flexibility index (Phi) is 9.78. The van der Waals surface area contributed by atoms with Crippen LogP contribution < -0.4 is 40.2 Å². The second-order valence-corrected chi connectivity index (χ2v) is 7.59. The van der Waals surface area contributed by atoms with E-state index in [4.69, 9.17) is 10.5 Å². The van der Waals surface area contributed by atoms with Crippen LogP contribution in [0.15, 0.2) is 12.7 Å². The Bertz CT molecular complexity index is 834. The molecule has 2 N–H and O–H groups in total. The average Bonchev–Trinajstić information content (AvgIpc) is 2.97. The topological polar surface area (TPSA) is 164 Å². The maximum Gasteiger partial charge on any atom is 1.00 e. The van der Waals surface area contributed by atoms with Gasteiger partial charge < -0.3 is 34.0 Å². The molecule has 0 amide bonds. The van der Waals surface area contributed by atoms with Gasteiger partial charge in [0.25, 0.3) is 0 Å². The number of imidazole rings is 1. The zero-order valence-electron chi connectivity index (χ0n) is 16.1.